The van der Waals surface area contributed by atoms with Crippen LogP contribution in [0.25, 0.3) is 21.9 Å². The molecule has 0 aliphatic carbocycles. The van der Waals surface area contributed by atoms with Crippen LogP contribution < -0.4 is 21.5 Å². The Kier molecular flexibility index (Phi) is 7.82. The molecule has 1 atom stereocenters. The molecule has 220 valence electrons. The van der Waals surface area contributed by atoms with Gasteiger partial charge in [-0.1, -0.05) is 30.2 Å². The number of anilines is 1. The summed E-state index contributed by atoms with van der Waals surface area (Å²) in [7, 11) is 1.62. The van der Waals surface area contributed by atoms with E-state index in [0.717, 1.165) is 29.2 Å². The summed E-state index contributed by atoms with van der Waals surface area (Å²) in [4.78, 5) is 51.5. The predicted octanol–water partition coefficient (Wildman–Crippen LogP) is 3.32. The number of aromatic nitrogens is 5. The van der Waals surface area contributed by atoms with E-state index in [2.05, 4.69) is 22.1 Å². The SMILES string of the molecule is CC#CCn1c(N2CCC[C@@H](NC(=O)OC(C)(C)C)C2)nc2c1c(=O)n(Cc1ncc(C)c3ccccc13)c(=O)n2C. The first-order valence-corrected chi connectivity index (χ1v) is 14.2. The summed E-state index contributed by atoms with van der Waals surface area (Å²) in [5.41, 5.74) is 0.729. The van der Waals surface area contributed by atoms with Crippen molar-refractivity contribution in [2.75, 3.05) is 18.0 Å². The van der Waals surface area contributed by atoms with E-state index >= 15 is 0 Å². The average Bonchev–Trinajstić information content (AvgIpc) is 3.33. The standard InChI is InChI=1S/C31H37N7O4/c1-7-8-16-37-25-26(34-28(37)36-15-11-12-21(18-36)33-29(40)42-31(3,4)5)35(6)30(41)38(27(25)39)19-24-23-14-10-9-13-22(23)20(2)17-32-24/h9-10,13-14,17,21H,11-12,15-16,18-19H2,1-6H3,(H,33,40)/t21-/m1/s1. The van der Waals surface area contributed by atoms with Gasteiger partial charge in [0.15, 0.2) is 11.2 Å². The molecule has 4 heterocycles. The number of carbonyl (C=O) groups excluding carboxylic acids is 1. The highest BCUT2D eigenvalue weighted by atomic mass is 16.6. The molecule has 1 aliphatic heterocycles. The Morgan fingerprint density at radius 3 is 2.62 bits per heavy atom. The number of imidazole rings is 1. The van der Waals surface area contributed by atoms with E-state index in [1.807, 2.05) is 56.9 Å². The second-order valence-electron chi connectivity index (χ2n) is 11.7. The van der Waals surface area contributed by atoms with E-state index in [1.54, 1.807) is 24.7 Å². The maximum Gasteiger partial charge on any atom is 0.407 e. The zero-order chi connectivity index (χ0) is 30.2. The molecule has 0 unspecified atom stereocenters. The van der Waals surface area contributed by atoms with E-state index in [-0.39, 0.29) is 24.8 Å². The maximum absolute atomic E-state index is 14.1. The van der Waals surface area contributed by atoms with Crippen LogP contribution in [0, 0.1) is 18.8 Å². The monoisotopic (exact) mass is 571 g/mol. The Bertz CT molecular complexity index is 1850. The number of pyridine rings is 1. The Morgan fingerprint density at radius 1 is 1.17 bits per heavy atom. The molecule has 0 spiro atoms. The fourth-order valence-corrected chi connectivity index (χ4v) is 5.47. The summed E-state index contributed by atoms with van der Waals surface area (Å²) in [5.74, 6) is 6.50. The third-order valence-corrected chi connectivity index (χ3v) is 7.44. The van der Waals surface area contributed by atoms with Crippen LogP contribution in [0.4, 0.5) is 10.7 Å². The van der Waals surface area contributed by atoms with Gasteiger partial charge in [0.25, 0.3) is 5.56 Å². The van der Waals surface area contributed by atoms with Crippen molar-refractivity contribution < 1.29 is 9.53 Å². The van der Waals surface area contributed by atoms with Crippen LogP contribution in [0.3, 0.4) is 0 Å². The van der Waals surface area contributed by atoms with Crippen LogP contribution in [0.15, 0.2) is 40.1 Å². The lowest BCUT2D eigenvalue weighted by Crippen LogP contribution is -2.49. The maximum atomic E-state index is 14.1. The van der Waals surface area contributed by atoms with Gasteiger partial charge in [-0.25, -0.2) is 9.59 Å². The number of nitrogens with one attached hydrogen (secondary N) is 1. The van der Waals surface area contributed by atoms with E-state index in [9.17, 15) is 14.4 Å². The van der Waals surface area contributed by atoms with Crippen LogP contribution in [0.2, 0.25) is 0 Å². The summed E-state index contributed by atoms with van der Waals surface area (Å²) in [6.07, 6.45) is 2.89. The second-order valence-corrected chi connectivity index (χ2v) is 11.7. The van der Waals surface area contributed by atoms with Crippen molar-refractivity contribution >= 4 is 34.0 Å². The minimum atomic E-state index is -0.601. The number of hydrogen-bond acceptors (Lipinski definition) is 7. The molecule has 0 bridgehead atoms. The fraction of sp³-hybridized carbons (Fsp3) is 0.452. The molecule has 1 aliphatic rings. The molecule has 1 aromatic carbocycles. The number of ether oxygens (including phenoxy) is 1. The number of carbonyl (C=O) groups is 1. The Labute approximate surface area is 244 Å². The van der Waals surface area contributed by atoms with Crippen LogP contribution in [-0.4, -0.2) is 54.5 Å². The van der Waals surface area contributed by atoms with Crippen molar-refractivity contribution in [3.63, 3.8) is 0 Å². The first kappa shape index (κ1) is 28.9. The fourth-order valence-electron chi connectivity index (χ4n) is 5.47. The summed E-state index contributed by atoms with van der Waals surface area (Å²) in [5, 5.41) is 4.89. The lowest BCUT2D eigenvalue weighted by molar-refractivity contribution is 0.0499. The Morgan fingerprint density at radius 2 is 1.90 bits per heavy atom. The van der Waals surface area contributed by atoms with Gasteiger partial charge in [-0.15, -0.1) is 5.92 Å². The highest BCUT2D eigenvalue weighted by Gasteiger charge is 2.29. The zero-order valence-electron chi connectivity index (χ0n) is 25.0. The van der Waals surface area contributed by atoms with Crippen molar-refractivity contribution in [2.45, 2.75) is 72.2 Å². The number of alkyl carbamates (subject to hydrolysis) is 1. The smallest absolute Gasteiger partial charge is 0.407 e. The van der Waals surface area contributed by atoms with Crippen LogP contribution in [-0.2, 0) is 24.9 Å². The molecular formula is C31H37N7O4. The van der Waals surface area contributed by atoms with E-state index < -0.39 is 22.9 Å². The van der Waals surface area contributed by atoms with Gasteiger partial charge in [-0.3, -0.25) is 23.5 Å². The number of hydrogen-bond donors (Lipinski definition) is 1. The first-order valence-electron chi connectivity index (χ1n) is 14.2. The molecular weight excluding hydrogens is 534 g/mol. The third-order valence-electron chi connectivity index (χ3n) is 7.44. The van der Waals surface area contributed by atoms with Gasteiger partial charge < -0.3 is 15.0 Å². The second kappa shape index (κ2) is 11.4. The lowest BCUT2D eigenvalue weighted by Gasteiger charge is -2.34. The first-order chi connectivity index (χ1) is 20.0. The molecule has 0 saturated carbocycles. The van der Waals surface area contributed by atoms with Crippen molar-refractivity contribution in [2.24, 2.45) is 7.05 Å². The highest BCUT2D eigenvalue weighted by molar-refractivity contribution is 5.87. The number of aryl methyl sites for hydroxylation is 2. The van der Waals surface area contributed by atoms with Crippen LogP contribution >= 0.6 is 0 Å². The molecule has 11 nitrogen and oxygen atoms in total. The minimum absolute atomic E-state index is 0.0216. The van der Waals surface area contributed by atoms with Crippen molar-refractivity contribution in [3.8, 4) is 11.8 Å². The zero-order valence-corrected chi connectivity index (χ0v) is 25.0. The van der Waals surface area contributed by atoms with Gasteiger partial charge in [0, 0.05) is 37.8 Å². The molecule has 1 fully saturated rings. The number of fused-ring (bicyclic) bond motifs is 2. The number of rotatable bonds is 5. The normalized spacial score (nSPS) is 15.5. The summed E-state index contributed by atoms with van der Waals surface area (Å²) in [6, 6.07) is 7.68. The minimum Gasteiger partial charge on any atom is -0.444 e. The number of piperidine rings is 1. The number of nitrogens with zero attached hydrogens (tertiary/aromatic N) is 6. The summed E-state index contributed by atoms with van der Waals surface area (Å²) in [6.45, 7) is 10.6. The molecule has 42 heavy (non-hydrogen) atoms. The van der Waals surface area contributed by atoms with Gasteiger partial charge in [0.2, 0.25) is 5.95 Å². The largest absolute Gasteiger partial charge is 0.444 e. The van der Waals surface area contributed by atoms with Gasteiger partial charge in [-0.2, -0.15) is 4.98 Å². The summed E-state index contributed by atoms with van der Waals surface area (Å²) < 4.78 is 9.86. The average molecular weight is 572 g/mol. The molecule has 11 heteroatoms. The van der Waals surface area contributed by atoms with E-state index in [4.69, 9.17) is 9.72 Å². The topological polar surface area (TPSA) is 116 Å². The predicted molar refractivity (Wildman–Crippen MR) is 163 cm³/mol. The number of benzene rings is 1. The van der Waals surface area contributed by atoms with Crippen molar-refractivity contribution in [3.05, 3.63) is 62.6 Å². The van der Waals surface area contributed by atoms with E-state index in [0.29, 0.717) is 30.2 Å². The molecule has 1 amide bonds. The quantitative estimate of drug-likeness (QED) is 0.366. The van der Waals surface area contributed by atoms with E-state index in [1.165, 1.54) is 9.13 Å². The molecule has 3 aromatic heterocycles. The molecule has 1 saturated heterocycles. The molecule has 1 N–H and O–H groups in total. The van der Waals surface area contributed by atoms with Gasteiger partial charge in [0.05, 0.1) is 18.8 Å². The van der Waals surface area contributed by atoms with Gasteiger partial charge in [-0.05, 0) is 58.4 Å². The number of amides is 1. The Balaban J connectivity index is 1.57. The van der Waals surface area contributed by atoms with Crippen molar-refractivity contribution in [1.82, 2.24) is 29.0 Å². The molecule has 5 rings (SSSR count). The van der Waals surface area contributed by atoms with Gasteiger partial charge in [0.1, 0.15) is 5.60 Å². The van der Waals surface area contributed by atoms with Crippen LogP contribution in [0.5, 0.6) is 0 Å². The van der Waals surface area contributed by atoms with Crippen LogP contribution in [0.1, 0.15) is 51.8 Å². The summed E-state index contributed by atoms with van der Waals surface area (Å²) >= 11 is 0. The van der Waals surface area contributed by atoms with Crippen molar-refractivity contribution in [1.29, 1.82) is 0 Å². The van der Waals surface area contributed by atoms with Gasteiger partial charge >= 0.3 is 11.8 Å². The molecule has 0 radical (unpaired) electrons. The Hall–Kier alpha value is -4.59. The highest BCUT2D eigenvalue weighted by Crippen LogP contribution is 2.24. The lowest BCUT2D eigenvalue weighted by atomic mass is 10.1. The molecule has 4 aromatic rings. The third kappa shape index (κ3) is 5.62.